The molecule has 2 nitrogen and oxygen atoms in total. The molecule has 0 radical (unpaired) electrons. The highest BCUT2D eigenvalue weighted by molar-refractivity contribution is 6.31. The number of halogens is 2. The molecule has 1 aromatic heterocycles. The zero-order valence-electron chi connectivity index (χ0n) is 8.65. The molecule has 0 aliphatic carbocycles. The lowest BCUT2D eigenvalue weighted by molar-refractivity contribution is 0.441. The van der Waals surface area contributed by atoms with Gasteiger partial charge in [0.2, 0.25) is 0 Å². The van der Waals surface area contributed by atoms with Crippen molar-refractivity contribution in [3.63, 3.8) is 0 Å². The lowest BCUT2D eigenvalue weighted by Crippen LogP contribution is -1.75. The van der Waals surface area contributed by atoms with Crippen LogP contribution in [-0.4, -0.2) is 5.16 Å². The van der Waals surface area contributed by atoms with Crippen LogP contribution in [0.5, 0.6) is 0 Å². The number of aromatic nitrogens is 1. The molecule has 4 heteroatoms. The molecule has 0 N–H and O–H groups in total. The fourth-order valence-corrected chi connectivity index (χ4v) is 2.11. The molecule has 3 rings (SSSR count). The smallest absolute Gasteiger partial charge is 0.174 e. The van der Waals surface area contributed by atoms with Crippen LogP contribution in [0.2, 0.25) is 10.0 Å². The Hall–Kier alpha value is -1.51. The molecule has 84 valence electrons. The van der Waals surface area contributed by atoms with Crippen molar-refractivity contribution in [2.24, 2.45) is 0 Å². The Morgan fingerprint density at radius 1 is 0.941 bits per heavy atom. The number of nitrogens with zero attached hydrogens (tertiary/aromatic N) is 1. The molecule has 0 saturated heterocycles. The van der Waals surface area contributed by atoms with Crippen molar-refractivity contribution in [1.82, 2.24) is 5.16 Å². The number of benzene rings is 2. The van der Waals surface area contributed by atoms with Crippen LogP contribution in [0.3, 0.4) is 0 Å². The van der Waals surface area contributed by atoms with Crippen LogP contribution in [0.25, 0.3) is 22.2 Å². The highest BCUT2D eigenvalue weighted by Crippen LogP contribution is 2.31. The van der Waals surface area contributed by atoms with Crippen molar-refractivity contribution in [2.75, 3.05) is 0 Å². The van der Waals surface area contributed by atoms with Gasteiger partial charge in [-0.25, -0.2) is 0 Å². The SMILES string of the molecule is Clc1cccc(-c2onc3ccc(Cl)cc23)c1. The summed E-state index contributed by atoms with van der Waals surface area (Å²) in [4.78, 5) is 0. The van der Waals surface area contributed by atoms with Gasteiger partial charge in [0.25, 0.3) is 0 Å². The summed E-state index contributed by atoms with van der Waals surface area (Å²) in [5.74, 6) is 0.685. The topological polar surface area (TPSA) is 26.0 Å². The monoisotopic (exact) mass is 263 g/mol. The summed E-state index contributed by atoms with van der Waals surface area (Å²) in [6.07, 6.45) is 0. The summed E-state index contributed by atoms with van der Waals surface area (Å²) < 4.78 is 5.34. The van der Waals surface area contributed by atoms with Crippen LogP contribution >= 0.6 is 23.2 Å². The molecule has 0 atom stereocenters. The van der Waals surface area contributed by atoms with Crippen molar-refractivity contribution in [3.8, 4) is 11.3 Å². The van der Waals surface area contributed by atoms with E-state index >= 15 is 0 Å². The predicted molar refractivity (Wildman–Crippen MR) is 69.5 cm³/mol. The average molecular weight is 264 g/mol. The minimum absolute atomic E-state index is 0.656. The van der Waals surface area contributed by atoms with Gasteiger partial charge in [-0.3, -0.25) is 0 Å². The van der Waals surface area contributed by atoms with Crippen LogP contribution in [0.15, 0.2) is 47.0 Å². The molecule has 0 saturated carbocycles. The van der Waals surface area contributed by atoms with Gasteiger partial charge in [0.15, 0.2) is 5.76 Å². The summed E-state index contributed by atoms with van der Waals surface area (Å²) in [5, 5.41) is 6.20. The lowest BCUT2D eigenvalue weighted by Gasteiger charge is -1.97. The van der Waals surface area contributed by atoms with E-state index in [1.807, 2.05) is 36.4 Å². The number of hydrogen-bond acceptors (Lipinski definition) is 2. The fraction of sp³-hybridized carbons (Fsp3) is 0. The van der Waals surface area contributed by atoms with E-state index in [9.17, 15) is 0 Å². The van der Waals surface area contributed by atoms with E-state index < -0.39 is 0 Å². The van der Waals surface area contributed by atoms with Crippen molar-refractivity contribution >= 4 is 34.1 Å². The Bertz CT molecular complexity index is 691. The molecule has 17 heavy (non-hydrogen) atoms. The van der Waals surface area contributed by atoms with Crippen LogP contribution in [0.4, 0.5) is 0 Å². The van der Waals surface area contributed by atoms with Gasteiger partial charge in [-0.2, -0.15) is 0 Å². The molecular formula is C13H7Cl2NO. The zero-order chi connectivity index (χ0) is 11.8. The standard InChI is InChI=1S/C13H7Cl2NO/c14-9-3-1-2-8(6-9)13-11-7-10(15)4-5-12(11)16-17-13/h1-7H. The van der Waals surface area contributed by atoms with Crippen molar-refractivity contribution in [1.29, 1.82) is 0 Å². The number of fused-ring (bicyclic) bond motifs is 1. The van der Waals surface area contributed by atoms with E-state index in [1.165, 1.54) is 0 Å². The maximum Gasteiger partial charge on any atom is 0.174 e. The molecule has 0 unspecified atom stereocenters. The van der Waals surface area contributed by atoms with Crippen LogP contribution in [-0.2, 0) is 0 Å². The summed E-state index contributed by atoms with van der Waals surface area (Å²) in [5.41, 5.74) is 1.67. The normalized spacial score (nSPS) is 10.9. The van der Waals surface area contributed by atoms with Gasteiger partial charge in [0.05, 0.1) is 5.39 Å². The molecule has 3 aromatic rings. The Labute approximate surface area is 108 Å². The molecule has 0 aliphatic heterocycles. The second-order valence-electron chi connectivity index (χ2n) is 3.68. The summed E-state index contributed by atoms with van der Waals surface area (Å²) in [6, 6.07) is 12.9. The zero-order valence-corrected chi connectivity index (χ0v) is 10.2. The fourth-order valence-electron chi connectivity index (χ4n) is 1.75. The maximum atomic E-state index is 5.97. The first-order chi connectivity index (χ1) is 8.24. The molecule has 0 fully saturated rings. The van der Waals surface area contributed by atoms with Gasteiger partial charge in [-0.05, 0) is 30.3 Å². The van der Waals surface area contributed by atoms with Gasteiger partial charge < -0.3 is 4.52 Å². The van der Waals surface area contributed by atoms with E-state index in [0.29, 0.717) is 15.8 Å². The molecule has 0 bridgehead atoms. The van der Waals surface area contributed by atoms with Gasteiger partial charge >= 0.3 is 0 Å². The highest BCUT2D eigenvalue weighted by Gasteiger charge is 2.11. The molecule has 0 aliphatic rings. The highest BCUT2D eigenvalue weighted by atomic mass is 35.5. The third-order valence-electron chi connectivity index (χ3n) is 2.53. The second-order valence-corrected chi connectivity index (χ2v) is 4.56. The van der Waals surface area contributed by atoms with E-state index in [-0.39, 0.29) is 0 Å². The summed E-state index contributed by atoms with van der Waals surface area (Å²) >= 11 is 11.9. The Balaban J connectivity index is 2.27. The Kier molecular flexibility index (Phi) is 2.54. The number of hydrogen-bond donors (Lipinski definition) is 0. The minimum atomic E-state index is 0.656. The van der Waals surface area contributed by atoms with Crippen LogP contribution < -0.4 is 0 Å². The quantitative estimate of drug-likeness (QED) is 0.630. The Morgan fingerprint density at radius 2 is 1.76 bits per heavy atom. The van der Waals surface area contributed by atoms with E-state index in [4.69, 9.17) is 27.7 Å². The van der Waals surface area contributed by atoms with Gasteiger partial charge in [-0.15, -0.1) is 0 Å². The van der Waals surface area contributed by atoms with Gasteiger partial charge in [0.1, 0.15) is 5.52 Å². The Morgan fingerprint density at radius 3 is 2.59 bits per heavy atom. The molecule has 1 heterocycles. The molecule has 0 spiro atoms. The van der Waals surface area contributed by atoms with Crippen molar-refractivity contribution in [2.45, 2.75) is 0 Å². The third kappa shape index (κ3) is 1.90. The van der Waals surface area contributed by atoms with Crippen molar-refractivity contribution < 1.29 is 4.52 Å². The van der Waals surface area contributed by atoms with Gasteiger partial charge in [0, 0.05) is 15.6 Å². The lowest BCUT2D eigenvalue weighted by atomic mass is 10.1. The minimum Gasteiger partial charge on any atom is -0.355 e. The molecular weight excluding hydrogens is 257 g/mol. The largest absolute Gasteiger partial charge is 0.355 e. The average Bonchev–Trinajstić information content (AvgIpc) is 2.71. The third-order valence-corrected chi connectivity index (χ3v) is 3.00. The van der Waals surface area contributed by atoms with Gasteiger partial charge in [-0.1, -0.05) is 40.5 Å². The summed E-state index contributed by atoms with van der Waals surface area (Å²) in [7, 11) is 0. The summed E-state index contributed by atoms with van der Waals surface area (Å²) in [6.45, 7) is 0. The second kappa shape index (κ2) is 4.06. The van der Waals surface area contributed by atoms with E-state index in [1.54, 1.807) is 6.07 Å². The molecule has 2 aromatic carbocycles. The number of rotatable bonds is 1. The first-order valence-corrected chi connectivity index (χ1v) is 5.80. The predicted octanol–water partition coefficient (Wildman–Crippen LogP) is 4.80. The van der Waals surface area contributed by atoms with E-state index in [2.05, 4.69) is 5.16 Å². The molecule has 0 amide bonds. The van der Waals surface area contributed by atoms with Crippen LogP contribution in [0, 0.1) is 0 Å². The first kappa shape index (κ1) is 10.6. The van der Waals surface area contributed by atoms with E-state index in [0.717, 1.165) is 16.5 Å². The first-order valence-electron chi connectivity index (χ1n) is 5.05. The van der Waals surface area contributed by atoms with Crippen LogP contribution in [0.1, 0.15) is 0 Å². The maximum absolute atomic E-state index is 5.97. The van der Waals surface area contributed by atoms with Crippen molar-refractivity contribution in [3.05, 3.63) is 52.5 Å².